The van der Waals surface area contributed by atoms with Crippen molar-refractivity contribution >= 4 is 5.91 Å². The van der Waals surface area contributed by atoms with Crippen molar-refractivity contribution in [2.75, 3.05) is 6.54 Å². The van der Waals surface area contributed by atoms with Crippen LogP contribution < -0.4 is 11.1 Å². The van der Waals surface area contributed by atoms with Gasteiger partial charge in [-0.05, 0) is 38.6 Å². The van der Waals surface area contributed by atoms with E-state index >= 15 is 0 Å². The first kappa shape index (κ1) is 12.5. The molecule has 1 aliphatic carbocycles. The molecule has 1 aliphatic rings. The number of nitrogens with one attached hydrogen (secondary N) is 1. The lowest BCUT2D eigenvalue weighted by atomic mass is 10.0. The summed E-state index contributed by atoms with van der Waals surface area (Å²) in [7, 11) is 0. The van der Waals surface area contributed by atoms with Crippen LogP contribution in [0.5, 0.6) is 0 Å². The van der Waals surface area contributed by atoms with Gasteiger partial charge in [0.15, 0.2) is 0 Å². The Hall–Kier alpha value is -0.570. The molecule has 0 radical (unpaired) electrons. The molecule has 1 amide bonds. The maximum Gasteiger partial charge on any atom is 0.223 e. The van der Waals surface area contributed by atoms with Crippen molar-refractivity contribution in [3.05, 3.63) is 0 Å². The predicted molar refractivity (Wildman–Crippen MR) is 62.4 cm³/mol. The SMILES string of the molecule is CC(CC1CC1)NC(=O)C(C)CCCN. The van der Waals surface area contributed by atoms with Crippen molar-refractivity contribution in [1.29, 1.82) is 0 Å². The third-order valence-corrected chi connectivity index (χ3v) is 3.06. The summed E-state index contributed by atoms with van der Waals surface area (Å²) in [6.07, 6.45) is 5.69. The molecule has 0 aromatic heterocycles. The third kappa shape index (κ3) is 5.17. The molecular weight excluding hydrogens is 188 g/mol. The zero-order valence-corrected chi connectivity index (χ0v) is 9.96. The largest absolute Gasteiger partial charge is 0.353 e. The van der Waals surface area contributed by atoms with Gasteiger partial charge in [0.25, 0.3) is 0 Å². The van der Waals surface area contributed by atoms with Crippen molar-refractivity contribution < 1.29 is 4.79 Å². The quantitative estimate of drug-likeness (QED) is 0.674. The summed E-state index contributed by atoms with van der Waals surface area (Å²) >= 11 is 0. The molecule has 0 heterocycles. The zero-order chi connectivity index (χ0) is 11.3. The van der Waals surface area contributed by atoms with Crippen LogP contribution >= 0.6 is 0 Å². The molecule has 3 heteroatoms. The van der Waals surface area contributed by atoms with Gasteiger partial charge >= 0.3 is 0 Å². The van der Waals surface area contributed by atoms with Gasteiger partial charge in [-0.1, -0.05) is 19.8 Å². The Morgan fingerprint density at radius 2 is 2.13 bits per heavy atom. The minimum absolute atomic E-state index is 0.107. The van der Waals surface area contributed by atoms with Crippen LogP contribution in [0, 0.1) is 11.8 Å². The number of nitrogens with two attached hydrogens (primary N) is 1. The summed E-state index contributed by atoms with van der Waals surface area (Å²) < 4.78 is 0. The van der Waals surface area contributed by atoms with E-state index in [9.17, 15) is 4.79 Å². The average molecular weight is 212 g/mol. The van der Waals surface area contributed by atoms with E-state index in [4.69, 9.17) is 5.73 Å². The van der Waals surface area contributed by atoms with E-state index in [2.05, 4.69) is 12.2 Å². The lowest BCUT2D eigenvalue weighted by Gasteiger charge is -2.17. The molecule has 2 unspecified atom stereocenters. The number of carbonyl (C=O) groups is 1. The fourth-order valence-electron chi connectivity index (χ4n) is 1.85. The van der Waals surface area contributed by atoms with Gasteiger partial charge in [-0.2, -0.15) is 0 Å². The Morgan fingerprint density at radius 1 is 1.47 bits per heavy atom. The van der Waals surface area contributed by atoms with Crippen LogP contribution in [0.15, 0.2) is 0 Å². The van der Waals surface area contributed by atoms with Crippen LogP contribution in [-0.2, 0) is 4.79 Å². The van der Waals surface area contributed by atoms with Crippen molar-refractivity contribution in [2.24, 2.45) is 17.6 Å². The molecule has 3 nitrogen and oxygen atoms in total. The molecule has 3 N–H and O–H groups in total. The van der Waals surface area contributed by atoms with Crippen LogP contribution in [0.3, 0.4) is 0 Å². The van der Waals surface area contributed by atoms with Gasteiger partial charge < -0.3 is 11.1 Å². The molecule has 0 aromatic rings. The smallest absolute Gasteiger partial charge is 0.223 e. The predicted octanol–water partition coefficient (Wildman–Crippen LogP) is 1.67. The number of carbonyl (C=O) groups excluding carboxylic acids is 1. The second-order valence-electron chi connectivity index (χ2n) is 4.92. The summed E-state index contributed by atoms with van der Waals surface area (Å²) in [6, 6.07) is 0.338. The lowest BCUT2D eigenvalue weighted by molar-refractivity contribution is -0.125. The fourth-order valence-corrected chi connectivity index (χ4v) is 1.85. The first-order valence-corrected chi connectivity index (χ1v) is 6.14. The Balaban J connectivity index is 2.14. The Bertz CT molecular complexity index is 202. The highest BCUT2D eigenvalue weighted by Crippen LogP contribution is 2.33. The van der Waals surface area contributed by atoms with Gasteiger partial charge in [0.2, 0.25) is 5.91 Å². The molecule has 15 heavy (non-hydrogen) atoms. The molecule has 1 saturated carbocycles. The molecule has 88 valence electrons. The van der Waals surface area contributed by atoms with Gasteiger partial charge in [0, 0.05) is 12.0 Å². The summed E-state index contributed by atoms with van der Waals surface area (Å²) in [4.78, 5) is 11.7. The summed E-state index contributed by atoms with van der Waals surface area (Å²) in [5.41, 5.74) is 5.42. The maximum atomic E-state index is 11.7. The van der Waals surface area contributed by atoms with E-state index in [1.807, 2.05) is 6.92 Å². The van der Waals surface area contributed by atoms with Crippen LogP contribution in [-0.4, -0.2) is 18.5 Å². The molecule has 0 saturated heterocycles. The zero-order valence-electron chi connectivity index (χ0n) is 9.96. The molecule has 0 aromatic carbocycles. The van der Waals surface area contributed by atoms with Gasteiger partial charge in [-0.3, -0.25) is 4.79 Å². The normalized spacial score (nSPS) is 19.7. The highest BCUT2D eigenvalue weighted by molar-refractivity contribution is 5.78. The Morgan fingerprint density at radius 3 is 2.67 bits per heavy atom. The summed E-state index contributed by atoms with van der Waals surface area (Å²) in [6.45, 7) is 4.76. The van der Waals surface area contributed by atoms with Crippen LogP contribution in [0.4, 0.5) is 0 Å². The number of rotatable bonds is 7. The molecule has 1 rings (SSSR count). The van der Waals surface area contributed by atoms with Crippen LogP contribution in [0.1, 0.15) is 46.0 Å². The van der Waals surface area contributed by atoms with E-state index in [0.29, 0.717) is 12.6 Å². The molecule has 1 fully saturated rings. The van der Waals surface area contributed by atoms with Gasteiger partial charge in [0.1, 0.15) is 0 Å². The molecule has 0 spiro atoms. The number of hydrogen-bond donors (Lipinski definition) is 2. The maximum absolute atomic E-state index is 11.7. The first-order valence-electron chi connectivity index (χ1n) is 6.14. The third-order valence-electron chi connectivity index (χ3n) is 3.06. The molecular formula is C12H24N2O. The average Bonchev–Trinajstić information content (AvgIpc) is 2.97. The summed E-state index contributed by atoms with van der Waals surface area (Å²) in [5, 5.41) is 3.08. The van der Waals surface area contributed by atoms with Crippen molar-refractivity contribution in [1.82, 2.24) is 5.32 Å². The molecule has 0 bridgehead atoms. The number of hydrogen-bond acceptors (Lipinski definition) is 2. The second kappa shape index (κ2) is 6.11. The number of amides is 1. The minimum Gasteiger partial charge on any atom is -0.353 e. The van der Waals surface area contributed by atoms with Crippen molar-refractivity contribution in [3.63, 3.8) is 0 Å². The second-order valence-corrected chi connectivity index (χ2v) is 4.92. The van der Waals surface area contributed by atoms with Gasteiger partial charge in [0.05, 0.1) is 0 Å². The lowest BCUT2D eigenvalue weighted by Crippen LogP contribution is -2.36. The highest BCUT2D eigenvalue weighted by atomic mass is 16.1. The van der Waals surface area contributed by atoms with E-state index in [1.54, 1.807) is 0 Å². The van der Waals surface area contributed by atoms with E-state index in [0.717, 1.165) is 25.2 Å². The van der Waals surface area contributed by atoms with Crippen LogP contribution in [0.25, 0.3) is 0 Å². The first-order chi connectivity index (χ1) is 7.13. The minimum atomic E-state index is 0.107. The molecule has 0 aliphatic heterocycles. The van der Waals surface area contributed by atoms with E-state index < -0.39 is 0 Å². The van der Waals surface area contributed by atoms with Crippen LogP contribution in [0.2, 0.25) is 0 Å². The highest BCUT2D eigenvalue weighted by Gasteiger charge is 2.24. The molecule has 2 atom stereocenters. The van der Waals surface area contributed by atoms with Gasteiger partial charge in [-0.15, -0.1) is 0 Å². The summed E-state index contributed by atoms with van der Waals surface area (Å²) in [5.74, 6) is 1.17. The Kier molecular flexibility index (Phi) is 5.09. The Labute approximate surface area is 92.8 Å². The monoisotopic (exact) mass is 212 g/mol. The van der Waals surface area contributed by atoms with Gasteiger partial charge in [-0.25, -0.2) is 0 Å². The fraction of sp³-hybridized carbons (Fsp3) is 0.917. The van der Waals surface area contributed by atoms with Crippen molar-refractivity contribution in [3.8, 4) is 0 Å². The van der Waals surface area contributed by atoms with Crippen molar-refractivity contribution in [2.45, 2.75) is 52.0 Å². The standard InChI is InChI=1S/C12H24N2O/c1-9(4-3-7-13)12(15)14-10(2)8-11-5-6-11/h9-11H,3-8,13H2,1-2H3,(H,14,15). The topological polar surface area (TPSA) is 55.1 Å². The van der Waals surface area contributed by atoms with E-state index in [-0.39, 0.29) is 11.8 Å². The van der Waals surface area contributed by atoms with E-state index in [1.165, 1.54) is 12.8 Å².